The molecular formula is C12H14O3Te. The van der Waals surface area contributed by atoms with Crippen molar-refractivity contribution in [2.24, 2.45) is 0 Å². The van der Waals surface area contributed by atoms with Crippen molar-refractivity contribution in [3.8, 4) is 0 Å². The zero-order valence-corrected chi connectivity index (χ0v) is 11.6. The third kappa shape index (κ3) is 4.34. The summed E-state index contributed by atoms with van der Waals surface area (Å²) in [5.74, 6) is -0.838. The van der Waals surface area contributed by atoms with E-state index in [2.05, 4.69) is 4.74 Å². The Hall–Kier alpha value is -0.850. The van der Waals surface area contributed by atoms with Crippen LogP contribution in [0.15, 0.2) is 30.3 Å². The number of ether oxygens (including phenoxy) is 1. The monoisotopic (exact) mass is 336 g/mol. The second kappa shape index (κ2) is 6.67. The molecule has 0 saturated carbocycles. The second-order valence-corrected chi connectivity index (χ2v) is 7.26. The van der Waals surface area contributed by atoms with Gasteiger partial charge in [-0.15, -0.1) is 0 Å². The minimum absolute atomic E-state index is 0.164. The molecule has 1 aromatic rings. The normalized spacial score (nSPS) is 11.9. The topological polar surface area (TPSA) is 43.4 Å². The van der Waals surface area contributed by atoms with Crippen LogP contribution in [-0.2, 0) is 14.3 Å². The standard InChI is InChI=1S/C12H14O3Te/c1-3-11(13)15-12(14)9(2)16-10-7-5-4-6-8-10/h4-9H,3H2,1-2H3. The van der Waals surface area contributed by atoms with Crippen molar-refractivity contribution in [1.29, 1.82) is 0 Å². The predicted octanol–water partition coefficient (Wildman–Crippen LogP) is 1.30. The Kier molecular flexibility index (Phi) is 5.51. The average Bonchev–Trinajstić information content (AvgIpc) is 2.30. The predicted molar refractivity (Wildman–Crippen MR) is 62.6 cm³/mol. The van der Waals surface area contributed by atoms with Crippen LogP contribution < -0.4 is 3.61 Å². The molecule has 0 saturated heterocycles. The van der Waals surface area contributed by atoms with Gasteiger partial charge in [-0.05, 0) is 0 Å². The van der Waals surface area contributed by atoms with Crippen LogP contribution in [0, 0.1) is 0 Å². The molecule has 0 aromatic heterocycles. The van der Waals surface area contributed by atoms with Gasteiger partial charge in [0.2, 0.25) is 0 Å². The Morgan fingerprint density at radius 3 is 2.50 bits per heavy atom. The summed E-state index contributed by atoms with van der Waals surface area (Å²) in [6.07, 6.45) is 0.240. The Balaban J connectivity index is 2.49. The van der Waals surface area contributed by atoms with Crippen molar-refractivity contribution in [1.82, 2.24) is 0 Å². The fourth-order valence-corrected chi connectivity index (χ4v) is 3.49. The molecule has 3 nitrogen and oxygen atoms in total. The summed E-state index contributed by atoms with van der Waals surface area (Å²) in [4.78, 5) is 22.5. The van der Waals surface area contributed by atoms with E-state index in [1.165, 1.54) is 3.61 Å². The van der Waals surface area contributed by atoms with E-state index in [1.54, 1.807) is 6.92 Å². The van der Waals surface area contributed by atoms with Crippen LogP contribution in [-0.4, -0.2) is 32.9 Å². The zero-order valence-electron chi connectivity index (χ0n) is 9.30. The zero-order chi connectivity index (χ0) is 12.0. The SMILES string of the molecule is CCC(=O)OC(=O)C(C)[Te]c1ccccc1. The Labute approximate surface area is 105 Å². The molecule has 86 valence electrons. The van der Waals surface area contributed by atoms with Crippen molar-refractivity contribution in [3.63, 3.8) is 0 Å². The maximum absolute atomic E-state index is 11.5. The van der Waals surface area contributed by atoms with E-state index in [0.717, 1.165) is 0 Å². The molecule has 0 radical (unpaired) electrons. The van der Waals surface area contributed by atoms with Crippen molar-refractivity contribution >= 4 is 36.5 Å². The van der Waals surface area contributed by atoms with Crippen molar-refractivity contribution in [2.75, 3.05) is 0 Å². The molecule has 0 aliphatic heterocycles. The number of carbonyl (C=O) groups excluding carboxylic acids is 2. The summed E-state index contributed by atoms with van der Waals surface area (Å²) in [5, 5.41) is 0. The van der Waals surface area contributed by atoms with Gasteiger partial charge in [-0.1, -0.05) is 0 Å². The van der Waals surface area contributed by atoms with Crippen molar-refractivity contribution in [2.45, 2.75) is 24.2 Å². The number of esters is 2. The number of carbonyl (C=O) groups is 2. The molecule has 4 heteroatoms. The average molecular weight is 334 g/mol. The summed E-state index contributed by atoms with van der Waals surface area (Å²) in [7, 11) is 0. The van der Waals surface area contributed by atoms with E-state index in [-0.39, 0.29) is 10.4 Å². The van der Waals surface area contributed by atoms with Crippen LogP contribution in [0.5, 0.6) is 0 Å². The van der Waals surface area contributed by atoms with Crippen LogP contribution in [0.1, 0.15) is 20.3 Å². The molecule has 1 atom stereocenters. The van der Waals surface area contributed by atoms with Gasteiger partial charge in [-0.25, -0.2) is 0 Å². The van der Waals surface area contributed by atoms with Gasteiger partial charge in [0, 0.05) is 0 Å². The molecule has 16 heavy (non-hydrogen) atoms. The Bertz CT molecular complexity index is 362. The van der Waals surface area contributed by atoms with E-state index in [1.807, 2.05) is 37.3 Å². The first kappa shape index (κ1) is 13.2. The molecule has 0 fully saturated rings. The van der Waals surface area contributed by atoms with E-state index in [4.69, 9.17) is 0 Å². The van der Waals surface area contributed by atoms with Gasteiger partial charge in [-0.3, -0.25) is 0 Å². The molecule has 0 N–H and O–H groups in total. The molecule has 0 aliphatic carbocycles. The quantitative estimate of drug-likeness (QED) is 0.474. The molecule has 0 heterocycles. The van der Waals surface area contributed by atoms with Gasteiger partial charge in [-0.2, -0.15) is 0 Å². The minimum atomic E-state index is -0.628. The van der Waals surface area contributed by atoms with Crippen molar-refractivity contribution in [3.05, 3.63) is 30.3 Å². The first-order valence-corrected chi connectivity index (χ1v) is 7.60. The van der Waals surface area contributed by atoms with E-state index in [0.29, 0.717) is 0 Å². The summed E-state index contributed by atoms with van der Waals surface area (Å²) >= 11 is -0.628. The van der Waals surface area contributed by atoms with Crippen LogP contribution >= 0.6 is 0 Å². The number of hydrogen-bond donors (Lipinski definition) is 0. The molecule has 0 amide bonds. The van der Waals surface area contributed by atoms with Gasteiger partial charge < -0.3 is 0 Å². The van der Waals surface area contributed by atoms with Gasteiger partial charge in [0.25, 0.3) is 0 Å². The van der Waals surface area contributed by atoms with Crippen molar-refractivity contribution < 1.29 is 14.3 Å². The summed E-state index contributed by atoms with van der Waals surface area (Å²) < 4.78 is 5.72. The molecule has 0 spiro atoms. The van der Waals surface area contributed by atoms with E-state index in [9.17, 15) is 9.59 Å². The van der Waals surface area contributed by atoms with Crippen LogP contribution in [0.2, 0.25) is 3.97 Å². The van der Waals surface area contributed by atoms with Crippen LogP contribution in [0.4, 0.5) is 0 Å². The maximum atomic E-state index is 11.5. The molecule has 0 bridgehead atoms. The molecule has 1 aromatic carbocycles. The molecule has 1 unspecified atom stereocenters. The van der Waals surface area contributed by atoms with Gasteiger partial charge in [0.15, 0.2) is 0 Å². The van der Waals surface area contributed by atoms with Crippen LogP contribution in [0.3, 0.4) is 0 Å². The summed E-state index contributed by atoms with van der Waals surface area (Å²) in [5.41, 5.74) is 0. The third-order valence-electron chi connectivity index (χ3n) is 1.89. The van der Waals surface area contributed by atoms with E-state index >= 15 is 0 Å². The molecular weight excluding hydrogens is 320 g/mol. The van der Waals surface area contributed by atoms with Gasteiger partial charge in [0.1, 0.15) is 0 Å². The fraction of sp³-hybridized carbons (Fsp3) is 0.333. The van der Waals surface area contributed by atoms with Crippen LogP contribution in [0.25, 0.3) is 0 Å². The van der Waals surface area contributed by atoms with Gasteiger partial charge in [0.05, 0.1) is 0 Å². The number of rotatable bonds is 4. The third-order valence-corrected chi connectivity index (χ3v) is 5.00. The first-order chi connectivity index (χ1) is 7.63. The summed E-state index contributed by atoms with van der Waals surface area (Å²) in [6.45, 7) is 3.49. The summed E-state index contributed by atoms with van der Waals surface area (Å²) in [6, 6.07) is 9.87. The number of hydrogen-bond acceptors (Lipinski definition) is 3. The van der Waals surface area contributed by atoms with Gasteiger partial charge >= 0.3 is 105 Å². The fourth-order valence-electron chi connectivity index (χ4n) is 1.02. The Morgan fingerprint density at radius 2 is 1.94 bits per heavy atom. The second-order valence-electron chi connectivity index (χ2n) is 3.22. The Morgan fingerprint density at radius 1 is 1.31 bits per heavy atom. The molecule has 0 aliphatic rings. The first-order valence-electron chi connectivity index (χ1n) is 5.09. The number of benzene rings is 1. The van der Waals surface area contributed by atoms with E-state index < -0.39 is 32.9 Å². The molecule has 1 rings (SSSR count).